The predicted octanol–water partition coefficient (Wildman–Crippen LogP) is 3.99. The fraction of sp³-hybridized carbons (Fsp3) is 0.233. The zero-order valence-electron chi connectivity index (χ0n) is 21.9. The lowest BCUT2D eigenvalue weighted by Crippen LogP contribution is -2.42. The van der Waals surface area contributed by atoms with Crippen LogP contribution in [0.3, 0.4) is 0 Å². The summed E-state index contributed by atoms with van der Waals surface area (Å²) < 4.78 is 10.9. The summed E-state index contributed by atoms with van der Waals surface area (Å²) >= 11 is 0. The first kappa shape index (κ1) is 26.0. The molecule has 0 spiro atoms. The first-order chi connectivity index (χ1) is 18.9. The van der Waals surface area contributed by atoms with Gasteiger partial charge in [0.1, 0.15) is 0 Å². The lowest BCUT2D eigenvalue weighted by molar-refractivity contribution is -0.118. The van der Waals surface area contributed by atoms with E-state index in [9.17, 15) is 9.59 Å². The van der Waals surface area contributed by atoms with Crippen LogP contribution in [0.5, 0.6) is 11.5 Å². The summed E-state index contributed by atoms with van der Waals surface area (Å²) in [5.74, 6) is 0.759. The van der Waals surface area contributed by atoms with Gasteiger partial charge in [-0.15, -0.1) is 0 Å². The Hall–Kier alpha value is -4.63. The number of rotatable bonds is 8. The zero-order chi connectivity index (χ0) is 27.4. The van der Waals surface area contributed by atoms with E-state index in [1.54, 1.807) is 14.2 Å². The molecule has 4 aromatic rings. The van der Waals surface area contributed by atoms with Gasteiger partial charge in [0.25, 0.3) is 0 Å². The molecule has 39 heavy (non-hydrogen) atoms. The molecule has 0 saturated carbocycles. The maximum atomic E-state index is 13.4. The molecule has 2 atom stereocenters. The molecular weight excluding hydrogens is 494 g/mol. The lowest BCUT2D eigenvalue weighted by atomic mass is 9.94. The number of pyridine rings is 1. The Balaban J connectivity index is 1.46. The van der Waals surface area contributed by atoms with Gasteiger partial charge in [-0.1, -0.05) is 60.7 Å². The molecule has 9 nitrogen and oxygen atoms in total. The third-order valence-corrected chi connectivity index (χ3v) is 6.93. The first-order valence-electron chi connectivity index (χ1n) is 12.7. The van der Waals surface area contributed by atoms with Crippen LogP contribution in [0.1, 0.15) is 11.5 Å². The quantitative estimate of drug-likeness (QED) is 0.320. The Labute approximate surface area is 226 Å². The second kappa shape index (κ2) is 11.4. The predicted molar refractivity (Wildman–Crippen MR) is 151 cm³/mol. The van der Waals surface area contributed by atoms with Gasteiger partial charge < -0.3 is 25.8 Å². The van der Waals surface area contributed by atoms with Gasteiger partial charge in [0.05, 0.1) is 43.7 Å². The normalized spacial score (nSPS) is 17.1. The number of benzene rings is 3. The van der Waals surface area contributed by atoms with Crippen molar-refractivity contribution >= 4 is 28.5 Å². The average Bonchev–Trinajstić information content (AvgIpc) is 3.33. The van der Waals surface area contributed by atoms with Crippen molar-refractivity contribution in [2.75, 3.05) is 39.2 Å². The molecule has 1 aliphatic rings. The fourth-order valence-electron chi connectivity index (χ4n) is 5.16. The van der Waals surface area contributed by atoms with Crippen molar-refractivity contribution in [3.05, 3.63) is 84.4 Å². The van der Waals surface area contributed by atoms with E-state index in [1.807, 2.05) is 83.8 Å². The summed E-state index contributed by atoms with van der Waals surface area (Å²) in [5, 5.41) is 6.95. The van der Waals surface area contributed by atoms with E-state index in [-0.39, 0.29) is 24.5 Å². The van der Waals surface area contributed by atoms with Crippen molar-refractivity contribution in [3.8, 4) is 22.8 Å². The second-order valence-corrected chi connectivity index (χ2v) is 9.53. The molecule has 9 heteroatoms. The molecule has 0 unspecified atom stereocenters. The van der Waals surface area contributed by atoms with Crippen molar-refractivity contribution in [3.63, 3.8) is 0 Å². The van der Waals surface area contributed by atoms with E-state index in [0.29, 0.717) is 41.5 Å². The number of primary amides is 1. The molecule has 1 fully saturated rings. The number of hydrogen-bond acceptors (Lipinski definition) is 6. The van der Waals surface area contributed by atoms with Crippen LogP contribution in [0.4, 0.5) is 10.5 Å². The molecule has 5 rings (SSSR count). The molecule has 1 saturated heterocycles. The minimum absolute atomic E-state index is 0.0105. The molecule has 0 aliphatic carbocycles. The second-order valence-electron chi connectivity index (χ2n) is 9.53. The van der Waals surface area contributed by atoms with Gasteiger partial charge >= 0.3 is 6.03 Å². The Morgan fingerprint density at radius 3 is 2.28 bits per heavy atom. The maximum absolute atomic E-state index is 13.4. The van der Waals surface area contributed by atoms with Crippen LogP contribution in [-0.2, 0) is 4.79 Å². The van der Waals surface area contributed by atoms with E-state index >= 15 is 0 Å². The molecule has 1 aliphatic heterocycles. The number of methoxy groups -OCH3 is 2. The number of aromatic nitrogens is 1. The van der Waals surface area contributed by atoms with Crippen LogP contribution in [0, 0.1) is 0 Å². The monoisotopic (exact) mass is 525 g/mol. The molecule has 200 valence electrons. The van der Waals surface area contributed by atoms with E-state index < -0.39 is 5.91 Å². The molecule has 1 aromatic heterocycles. The SMILES string of the molecule is COc1cc2cc(NC(=O)N[C@@H]3CN(CC(N)=O)C[C@H]3c3ccccc3)c(-c3ccccc3)nc2cc1OC. The Bertz CT molecular complexity index is 1480. The number of amides is 3. The number of nitrogens with zero attached hydrogens (tertiary/aromatic N) is 2. The Kier molecular flexibility index (Phi) is 7.60. The summed E-state index contributed by atoms with van der Waals surface area (Å²) in [7, 11) is 3.16. The van der Waals surface area contributed by atoms with Crippen LogP contribution in [0.2, 0.25) is 0 Å². The van der Waals surface area contributed by atoms with E-state index in [2.05, 4.69) is 10.6 Å². The number of likely N-dealkylation sites (tertiary alicyclic amines) is 1. The highest BCUT2D eigenvalue weighted by Gasteiger charge is 2.35. The standard InChI is InChI=1S/C30H31N5O4/c1-38-26-14-21-13-24(29(20-11-7-4-8-12-20)32-23(21)15-27(26)39-2)33-30(37)34-25-17-35(18-28(31)36)16-22(25)19-9-5-3-6-10-19/h3-15,22,25H,16-18H2,1-2H3,(H2,31,36)(H2,33,34,37)/t22-,25+/m0/s1. The maximum Gasteiger partial charge on any atom is 0.319 e. The van der Waals surface area contributed by atoms with E-state index in [0.717, 1.165) is 16.5 Å². The number of carbonyl (C=O) groups excluding carboxylic acids is 2. The highest BCUT2D eigenvalue weighted by molar-refractivity contribution is 5.98. The van der Waals surface area contributed by atoms with Crippen LogP contribution >= 0.6 is 0 Å². The lowest BCUT2D eigenvalue weighted by Gasteiger charge is -2.21. The Morgan fingerprint density at radius 2 is 1.62 bits per heavy atom. The summed E-state index contributed by atoms with van der Waals surface area (Å²) in [6.45, 7) is 1.27. The number of anilines is 1. The van der Waals surface area contributed by atoms with Gasteiger partial charge in [0.2, 0.25) is 5.91 Å². The zero-order valence-corrected chi connectivity index (χ0v) is 21.9. The first-order valence-corrected chi connectivity index (χ1v) is 12.7. The van der Waals surface area contributed by atoms with Crippen molar-refractivity contribution in [2.24, 2.45) is 5.73 Å². The van der Waals surface area contributed by atoms with Crippen LogP contribution in [0.15, 0.2) is 78.9 Å². The van der Waals surface area contributed by atoms with Gasteiger partial charge in [-0.2, -0.15) is 0 Å². The summed E-state index contributed by atoms with van der Waals surface area (Å²) in [4.78, 5) is 31.9. The minimum atomic E-state index is -0.395. The summed E-state index contributed by atoms with van der Waals surface area (Å²) in [6, 6.07) is 24.6. The number of nitrogens with two attached hydrogens (primary N) is 1. The topological polar surface area (TPSA) is 119 Å². The molecule has 4 N–H and O–H groups in total. The highest BCUT2D eigenvalue weighted by atomic mass is 16.5. The number of ether oxygens (including phenoxy) is 2. The molecule has 3 amide bonds. The van der Waals surface area contributed by atoms with Gasteiger partial charge in [-0.3, -0.25) is 9.69 Å². The van der Waals surface area contributed by atoms with Crippen LogP contribution in [-0.4, -0.2) is 61.7 Å². The summed E-state index contributed by atoms with van der Waals surface area (Å²) in [6.07, 6.45) is 0. The molecular formula is C30H31N5O4. The molecule has 2 heterocycles. The minimum Gasteiger partial charge on any atom is -0.493 e. The smallest absolute Gasteiger partial charge is 0.319 e. The van der Waals surface area contributed by atoms with Gasteiger partial charge in [-0.25, -0.2) is 9.78 Å². The van der Waals surface area contributed by atoms with Crippen molar-refractivity contribution < 1.29 is 19.1 Å². The third kappa shape index (κ3) is 5.78. The molecule has 3 aromatic carbocycles. The highest BCUT2D eigenvalue weighted by Crippen LogP contribution is 2.36. The number of nitrogens with one attached hydrogen (secondary N) is 2. The fourth-order valence-corrected chi connectivity index (χ4v) is 5.16. The number of fused-ring (bicyclic) bond motifs is 1. The van der Waals surface area contributed by atoms with E-state index in [4.69, 9.17) is 20.2 Å². The molecule has 0 bridgehead atoms. The average molecular weight is 526 g/mol. The van der Waals surface area contributed by atoms with Crippen molar-refractivity contribution in [1.82, 2.24) is 15.2 Å². The number of urea groups is 1. The number of carbonyl (C=O) groups is 2. The van der Waals surface area contributed by atoms with Gasteiger partial charge in [-0.05, 0) is 17.7 Å². The van der Waals surface area contributed by atoms with Gasteiger partial charge in [0, 0.05) is 36.0 Å². The third-order valence-electron chi connectivity index (χ3n) is 6.93. The molecule has 0 radical (unpaired) electrons. The van der Waals surface area contributed by atoms with E-state index in [1.165, 1.54) is 0 Å². The Morgan fingerprint density at radius 1 is 0.949 bits per heavy atom. The van der Waals surface area contributed by atoms with Crippen molar-refractivity contribution in [1.29, 1.82) is 0 Å². The largest absolute Gasteiger partial charge is 0.493 e. The van der Waals surface area contributed by atoms with Crippen molar-refractivity contribution in [2.45, 2.75) is 12.0 Å². The number of hydrogen-bond donors (Lipinski definition) is 3. The van der Waals surface area contributed by atoms with Crippen LogP contribution < -0.4 is 25.8 Å². The summed E-state index contributed by atoms with van der Waals surface area (Å²) in [5.41, 5.74) is 9.31. The van der Waals surface area contributed by atoms with Crippen LogP contribution in [0.25, 0.3) is 22.2 Å². The van der Waals surface area contributed by atoms with Gasteiger partial charge in [0.15, 0.2) is 11.5 Å².